The molecule has 0 spiro atoms. The third-order valence-electron chi connectivity index (χ3n) is 3.22. The number of tetrazole rings is 1. The van der Waals surface area contributed by atoms with E-state index >= 15 is 0 Å². The van der Waals surface area contributed by atoms with Crippen LogP contribution in [0.5, 0.6) is 0 Å². The lowest BCUT2D eigenvalue weighted by Crippen LogP contribution is -2.44. The Morgan fingerprint density at radius 2 is 1.95 bits per heavy atom. The molecule has 1 aromatic carbocycles. The molecular formula is C14H19N5O. The Morgan fingerprint density at radius 3 is 2.45 bits per heavy atom. The zero-order chi connectivity index (χ0) is 14.5. The number of amides is 1. The van der Waals surface area contributed by atoms with Crippen molar-refractivity contribution in [2.45, 2.75) is 32.9 Å². The number of nitrogens with zero attached hydrogens (tertiary/aromatic N) is 4. The van der Waals surface area contributed by atoms with Gasteiger partial charge < -0.3 is 5.32 Å². The first kappa shape index (κ1) is 14.2. The molecule has 1 heterocycles. The van der Waals surface area contributed by atoms with Crippen molar-refractivity contribution in [3.05, 3.63) is 42.2 Å². The van der Waals surface area contributed by atoms with Crippen LogP contribution in [-0.4, -0.2) is 32.2 Å². The zero-order valence-electron chi connectivity index (χ0n) is 11.9. The SMILES string of the molecule is CC(=O)N[C@H](C(C)C)[C@@H](c1ccccc1)n1cnnn1. The molecule has 0 saturated carbocycles. The van der Waals surface area contributed by atoms with E-state index in [0.29, 0.717) is 0 Å². The summed E-state index contributed by atoms with van der Waals surface area (Å²) in [6, 6.07) is 9.72. The summed E-state index contributed by atoms with van der Waals surface area (Å²) in [5.74, 6) is 0.186. The van der Waals surface area contributed by atoms with Gasteiger partial charge in [-0.1, -0.05) is 44.2 Å². The summed E-state index contributed by atoms with van der Waals surface area (Å²) in [7, 11) is 0. The zero-order valence-corrected chi connectivity index (χ0v) is 11.9. The number of hydrogen-bond acceptors (Lipinski definition) is 4. The van der Waals surface area contributed by atoms with Gasteiger partial charge in [-0.2, -0.15) is 0 Å². The molecule has 0 aliphatic rings. The summed E-state index contributed by atoms with van der Waals surface area (Å²) >= 11 is 0. The maximum Gasteiger partial charge on any atom is 0.217 e. The predicted molar refractivity (Wildman–Crippen MR) is 74.8 cm³/mol. The molecule has 2 rings (SSSR count). The molecule has 0 fully saturated rings. The summed E-state index contributed by atoms with van der Waals surface area (Å²) in [5, 5.41) is 14.4. The molecule has 0 aliphatic carbocycles. The van der Waals surface area contributed by atoms with Crippen molar-refractivity contribution < 1.29 is 4.79 Å². The minimum absolute atomic E-state index is 0.0577. The standard InChI is InChI=1S/C14H19N5O/c1-10(2)13(16-11(3)20)14(19-9-15-17-18-19)12-7-5-4-6-8-12/h4-10,13-14H,1-3H3,(H,16,20)/t13-,14-/m1/s1. The van der Waals surface area contributed by atoms with Crippen LogP contribution in [0.3, 0.4) is 0 Å². The van der Waals surface area contributed by atoms with Crippen LogP contribution in [0.1, 0.15) is 32.4 Å². The lowest BCUT2D eigenvalue weighted by Gasteiger charge is -2.30. The largest absolute Gasteiger partial charge is 0.351 e. The number of carbonyl (C=O) groups excluding carboxylic acids is 1. The highest BCUT2D eigenvalue weighted by Crippen LogP contribution is 2.25. The fourth-order valence-electron chi connectivity index (χ4n) is 2.32. The third kappa shape index (κ3) is 3.20. The topological polar surface area (TPSA) is 72.7 Å². The molecule has 20 heavy (non-hydrogen) atoms. The van der Waals surface area contributed by atoms with Crippen molar-refractivity contribution in [1.29, 1.82) is 0 Å². The van der Waals surface area contributed by atoms with Crippen molar-refractivity contribution >= 4 is 5.91 Å². The predicted octanol–water partition coefficient (Wildman–Crippen LogP) is 1.42. The monoisotopic (exact) mass is 273 g/mol. The van der Waals surface area contributed by atoms with Gasteiger partial charge in [0.1, 0.15) is 12.4 Å². The van der Waals surface area contributed by atoms with E-state index in [2.05, 4.69) is 34.7 Å². The van der Waals surface area contributed by atoms with Crippen LogP contribution in [0.4, 0.5) is 0 Å². The molecule has 1 aromatic heterocycles. The molecule has 6 nitrogen and oxygen atoms in total. The van der Waals surface area contributed by atoms with Crippen LogP contribution < -0.4 is 5.32 Å². The molecule has 0 aliphatic heterocycles. The van der Waals surface area contributed by atoms with Crippen molar-refractivity contribution in [2.24, 2.45) is 5.92 Å². The summed E-state index contributed by atoms with van der Waals surface area (Å²) in [6.07, 6.45) is 1.58. The number of hydrogen-bond donors (Lipinski definition) is 1. The summed E-state index contributed by atoms with van der Waals surface area (Å²) in [6.45, 7) is 5.67. The highest BCUT2D eigenvalue weighted by Gasteiger charge is 2.29. The summed E-state index contributed by atoms with van der Waals surface area (Å²) in [5.41, 5.74) is 1.06. The van der Waals surface area contributed by atoms with Crippen molar-refractivity contribution in [1.82, 2.24) is 25.5 Å². The number of benzene rings is 1. The van der Waals surface area contributed by atoms with Gasteiger partial charge in [-0.05, 0) is 21.9 Å². The van der Waals surface area contributed by atoms with Gasteiger partial charge >= 0.3 is 0 Å². The number of aromatic nitrogens is 4. The minimum atomic E-state index is -0.130. The van der Waals surface area contributed by atoms with E-state index in [9.17, 15) is 4.79 Å². The number of carbonyl (C=O) groups is 1. The van der Waals surface area contributed by atoms with Crippen molar-refractivity contribution in [2.75, 3.05) is 0 Å². The van der Waals surface area contributed by atoms with E-state index in [4.69, 9.17) is 0 Å². The molecule has 0 saturated heterocycles. The normalized spacial score (nSPS) is 14.0. The van der Waals surface area contributed by atoms with E-state index in [-0.39, 0.29) is 23.9 Å². The van der Waals surface area contributed by atoms with Crippen LogP contribution in [0, 0.1) is 5.92 Å². The lowest BCUT2D eigenvalue weighted by molar-refractivity contribution is -0.120. The molecule has 6 heteroatoms. The lowest BCUT2D eigenvalue weighted by atomic mass is 9.91. The smallest absolute Gasteiger partial charge is 0.217 e. The molecule has 2 atom stereocenters. The fourth-order valence-corrected chi connectivity index (χ4v) is 2.32. The molecule has 0 radical (unpaired) electrons. The summed E-state index contributed by atoms with van der Waals surface area (Å²) in [4.78, 5) is 11.5. The first-order valence-corrected chi connectivity index (χ1v) is 6.64. The number of rotatable bonds is 5. The van der Waals surface area contributed by atoms with Gasteiger partial charge in [0.15, 0.2) is 0 Å². The first-order valence-electron chi connectivity index (χ1n) is 6.64. The average Bonchev–Trinajstić information content (AvgIpc) is 2.92. The number of nitrogens with one attached hydrogen (secondary N) is 1. The minimum Gasteiger partial charge on any atom is -0.351 e. The van der Waals surface area contributed by atoms with Gasteiger partial charge in [-0.3, -0.25) is 4.79 Å². The molecule has 1 amide bonds. The van der Waals surface area contributed by atoms with Crippen LogP contribution in [0.15, 0.2) is 36.7 Å². The molecule has 106 valence electrons. The average molecular weight is 273 g/mol. The maximum atomic E-state index is 11.5. The Kier molecular flexibility index (Phi) is 4.45. The second-order valence-electron chi connectivity index (χ2n) is 5.12. The van der Waals surface area contributed by atoms with Gasteiger partial charge in [-0.15, -0.1) is 5.10 Å². The Bertz CT molecular complexity index is 538. The molecule has 0 unspecified atom stereocenters. The van der Waals surface area contributed by atoms with E-state index in [1.54, 1.807) is 11.0 Å². The van der Waals surface area contributed by atoms with E-state index in [1.165, 1.54) is 6.92 Å². The van der Waals surface area contributed by atoms with E-state index in [1.807, 2.05) is 30.3 Å². The molecule has 1 N–H and O–H groups in total. The highest BCUT2D eigenvalue weighted by atomic mass is 16.1. The van der Waals surface area contributed by atoms with Crippen LogP contribution >= 0.6 is 0 Å². The van der Waals surface area contributed by atoms with Gasteiger partial charge in [0.25, 0.3) is 0 Å². The third-order valence-corrected chi connectivity index (χ3v) is 3.22. The van der Waals surface area contributed by atoms with Crippen molar-refractivity contribution in [3.8, 4) is 0 Å². The first-order chi connectivity index (χ1) is 9.59. The van der Waals surface area contributed by atoms with E-state index in [0.717, 1.165) is 5.56 Å². The fraction of sp³-hybridized carbons (Fsp3) is 0.429. The molecule has 2 aromatic rings. The molecule has 0 bridgehead atoms. The Hall–Kier alpha value is -2.24. The Labute approximate surface area is 118 Å². The van der Waals surface area contributed by atoms with E-state index < -0.39 is 0 Å². The van der Waals surface area contributed by atoms with Gasteiger partial charge in [0.05, 0.1) is 6.04 Å². The van der Waals surface area contributed by atoms with Gasteiger partial charge in [0.2, 0.25) is 5.91 Å². The molecular weight excluding hydrogens is 254 g/mol. The van der Waals surface area contributed by atoms with Gasteiger partial charge in [0, 0.05) is 6.92 Å². The Morgan fingerprint density at radius 1 is 1.25 bits per heavy atom. The van der Waals surface area contributed by atoms with Crippen molar-refractivity contribution in [3.63, 3.8) is 0 Å². The Balaban J connectivity index is 2.42. The maximum absolute atomic E-state index is 11.5. The van der Waals surface area contributed by atoms with Crippen LogP contribution in [0.25, 0.3) is 0 Å². The van der Waals surface area contributed by atoms with Crippen LogP contribution in [-0.2, 0) is 4.79 Å². The second-order valence-corrected chi connectivity index (χ2v) is 5.12. The summed E-state index contributed by atoms with van der Waals surface area (Å²) < 4.78 is 1.69. The highest BCUT2D eigenvalue weighted by molar-refractivity contribution is 5.73. The van der Waals surface area contributed by atoms with Gasteiger partial charge in [-0.25, -0.2) is 4.68 Å². The second kappa shape index (κ2) is 6.27. The quantitative estimate of drug-likeness (QED) is 0.894. The van der Waals surface area contributed by atoms with Crippen LogP contribution in [0.2, 0.25) is 0 Å².